The summed E-state index contributed by atoms with van der Waals surface area (Å²) in [6, 6.07) is 5.99. The van der Waals surface area contributed by atoms with Crippen LogP contribution in [0.5, 0.6) is 11.5 Å². The van der Waals surface area contributed by atoms with E-state index in [1.165, 1.54) is 5.56 Å². The molecule has 0 atom stereocenters. The molecule has 3 rings (SSSR count). The Morgan fingerprint density at radius 3 is 3.00 bits per heavy atom. The number of rotatable bonds is 4. The molecule has 1 aliphatic rings. The molecule has 0 aliphatic carbocycles. The molecule has 2 heterocycles. The van der Waals surface area contributed by atoms with Gasteiger partial charge in [0.1, 0.15) is 5.82 Å². The Bertz CT molecular complexity index is 551. The summed E-state index contributed by atoms with van der Waals surface area (Å²) in [5.41, 5.74) is 1.17. The van der Waals surface area contributed by atoms with E-state index >= 15 is 0 Å². The fourth-order valence-corrected chi connectivity index (χ4v) is 1.94. The van der Waals surface area contributed by atoms with E-state index in [9.17, 15) is 0 Å². The summed E-state index contributed by atoms with van der Waals surface area (Å²) in [6.07, 6.45) is 3.75. The van der Waals surface area contributed by atoms with Crippen LogP contribution >= 0.6 is 0 Å². The van der Waals surface area contributed by atoms with Crippen LogP contribution in [0.15, 0.2) is 30.6 Å². The van der Waals surface area contributed by atoms with E-state index in [1.807, 2.05) is 36.0 Å². The fraction of sp³-hybridized carbons (Fsp3) is 0.308. The van der Waals surface area contributed by atoms with Crippen molar-refractivity contribution in [3.8, 4) is 11.5 Å². The van der Waals surface area contributed by atoms with E-state index in [-0.39, 0.29) is 0 Å². The topological polar surface area (TPSA) is 48.3 Å². The zero-order chi connectivity index (χ0) is 12.4. The fourth-order valence-electron chi connectivity index (χ4n) is 1.94. The third-order valence-corrected chi connectivity index (χ3v) is 2.97. The highest BCUT2D eigenvalue weighted by atomic mass is 16.7. The van der Waals surface area contributed by atoms with E-state index in [0.29, 0.717) is 6.79 Å². The van der Waals surface area contributed by atoms with Crippen LogP contribution < -0.4 is 14.8 Å². The average molecular weight is 245 g/mol. The maximum absolute atomic E-state index is 5.34. The molecule has 1 aromatic heterocycles. The highest BCUT2D eigenvalue weighted by Crippen LogP contribution is 2.32. The third kappa shape index (κ3) is 2.17. The van der Waals surface area contributed by atoms with Crippen molar-refractivity contribution in [3.63, 3.8) is 0 Å². The molecule has 2 aromatic rings. The van der Waals surface area contributed by atoms with Crippen molar-refractivity contribution in [2.75, 3.05) is 6.79 Å². The molecule has 5 nitrogen and oxygen atoms in total. The number of nitrogens with one attached hydrogen (secondary N) is 1. The van der Waals surface area contributed by atoms with Crippen LogP contribution in [0.25, 0.3) is 0 Å². The minimum atomic E-state index is 0.319. The molecule has 1 aromatic carbocycles. The average Bonchev–Trinajstić information content (AvgIpc) is 2.98. The summed E-state index contributed by atoms with van der Waals surface area (Å²) < 4.78 is 12.6. The van der Waals surface area contributed by atoms with Crippen LogP contribution in [0, 0.1) is 0 Å². The van der Waals surface area contributed by atoms with E-state index in [1.54, 1.807) is 6.20 Å². The molecule has 0 spiro atoms. The first-order chi connectivity index (χ1) is 8.83. The Hall–Kier alpha value is -2.01. The van der Waals surface area contributed by atoms with Gasteiger partial charge in [0.25, 0.3) is 0 Å². The molecule has 5 heteroatoms. The van der Waals surface area contributed by atoms with Gasteiger partial charge in [0, 0.05) is 26.0 Å². The zero-order valence-electron chi connectivity index (χ0n) is 10.2. The molecular formula is C13H15N3O2. The maximum atomic E-state index is 5.34. The predicted octanol–water partition coefficient (Wildman–Crippen LogP) is 1.44. The van der Waals surface area contributed by atoms with Gasteiger partial charge in [-0.3, -0.25) is 0 Å². The van der Waals surface area contributed by atoms with Crippen LogP contribution in [0.1, 0.15) is 11.4 Å². The number of aryl methyl sites for hydroxylation is 1. The van der Waals surface area contributed by atoms with Gasteiger partial charge in [0.15, 0.2) is 11.5 Å². The first-order valence-electron chi connectivity index (χ1n) is 5.88. The van der Waals surface area contributed by atoms with E-state index < -0.39 is 0 Å². The molecule has 0 saturated carbocycles. The normalized spacial score (nSPS) is 12.9. The van der Waals surface area contributed by atoms with Gasteiger partial charge < -0.3 is 19.4 Å². The first kappa shape index (κ1) is 11.1. The predicted molar refractivity (Wildman–Crippen MR) is 66.3 cm³/mol. The second kappa shape index (κ2) is 4.70. The number of ether oxygens (including phenoxy) is 2. The molecule has 1 N–H and O–H groups in total. The van der Waals surface area contributed by atoms with Crippen LogP contribution in [0.2, 0.25) is 0 Å². The van der Waals surface area contributed by atoms with E-state index in [4.69, 9.17) is 9.47 Å². The summed E-state index contributed by atoms with van der Waals surface area (Å²) >= 11 is 0. The van der Waals surface area contributed by atoms with Gasteiger partial charge in [-0.25, -0.2) is 4.98 Å². The van der Waals surface area contributed by atoms with Crippen molar-refractivity contribution in [1.82, 2.24) is 14.9 Å². The second-order valence-corrected chi connectivity index (χ2v) is 4.25. The summed E-state index contributed by atoms with van der Waals surface area (Å²) in [4.78, 5) is 4.26. The first-order valence-corrected chi connectivity index (χ1v) is 5.88. The van der Waals surface area contributed by atoms with Crippen molar-refractivity contribution in [2.24, 2.45) is 7.05 Å². The Labute approximate surface area is 105 Å². The molecule has 18 heavy (non-hydrogen) atoms. The largest absolute Gasteiger partial charge is 0.454 e. The molecule has 0 radical (unpaired) electrons. The van der Waals surface area contributed by atoms with Gasteiger partial charge in [-0.15, -0.1) is 0 Å². The van der Waals surface area contributed by atoms with E-state index in [0.717, 1.165) is 30.4 Å². The van der Waals surface area contributed by atoms with Gasteiger partial charge in [-0.05, 0) is 17.7 Å². The monoisotopic (exact) mass is 245 g/mol. The number of aromatic nitrogens is 2. The molecule has 0 fully saturated rings. The summed E-state index contributed by atoms with van der Waals surface area (Å²) in [7, 11) is 1.99. The smallest absolute Gasteiger partial charge is 0.231 e. The Morgan fingerprint density at radius 1 is 1.28 bits per heavy atom. The SMILES string of the molecule is Cn1ccnc1CNCc1ccc2c(c1)OCO2. The molecule has 0 amide bonds. The van der Waals surface area contributed by atoms with Crippen molar-refractivity contribution >= 4 is 0 Å². The molecule has 0 saturated heterocycles. The highest BCUT2D eigenvalue weighted by Gasteiger charge is 2.12. The molecule has 0 bridgehead atoms. The van der Waals surface area contributed by atoms with Crippen LogP contribution in [0.3, 0.4) is 0 Å². The van der Waals surface area contributed by atoms with Crippen LogP contribution in [0.4, 0.5) is 0 Å². The minimum absolute atomic E-state index is 0.319. The van der Waals surface area contributed by atoms with Gasteiger partial charge in [-0.2, -0.15) is 0 Å². The zero-order valence-corrected chi connectivity index (χ0v) is 10.2. The lowest BCUT2D eigenvalue weighted by atomic mass is 10.2. The van der Waals surface area contributed by atoms with Gasteiger partial charge in [-0.1, -0.05) is 6.07 Å². The van der Waals surface area contributed by atoms with Crippen molar-refractivity contribution < 1.29 is 9.47 Å². The molecule has 94 valence electrons. The summed E-state index contributed by atoms with van der Waals surface area (Å²) in [5, 5.41) is 3.36. The van der Waals surface area contributed by atoms with Crippen LogP contribution in [-0.2, 0) is 20.1 Å². The third-order valence-electron chi connectivity index (χ3n) is 2.97. The van der Waals surface area contributed by atoms with Crippen LogP contribution in [-0.4, -0.2) is 16.3 Å². The highest BCUT2D eigenvalue weighted by molar-refractivity contribution is 5.44. The van der Waals surface area contributed by atoms with Crippen molar-refractivity contribution in [1.29, 1.82) is 0 Å². The molecular weight excluding hydrogens is 230 g/mol. The second-order valence-electron chi connectivity index (χ2n) is 4.25. The van der Waals surface area contributed by atoms with Gasteiger partial charge >= 0.3 is 0 Å². The maximum Gasteiger partial charge on any atom is 0.231 e. The lowest BCUT2D eigenvalue weighted by molar-refractivity contribution is 0.174. The standard InChI is InChI=1S/C13H15N3O2/c1-16-5-4-15-13(16)8-14-7-10-2-3-11-12(6-10)18-9-17-11/h2-6,14H,7-9H2,1H3. The molecule has 0 unspecified atom stereocenters. The van der Waals surface area contributed by atoms with Gasteiger partial charge in [0.05, 0.1) is 6.54 Å². The van der Waals surface area contributed by atoms with E-state index in [2.05, 4.69) is 10.3 Å². The number of benzene rings is 1. The number of imidazole rings is 1. The molecule has 1 aliphatic heterocycles. The number of hydrogen-bond donors (Lipinski definition) is 1. The quantitative estimate of drug-likeness (QED) is 0.885. The number of hydrogen-bond acceptors (Lipinski definition) is 4. The van der Waals surface area contributed by atoms with Crippen molar-refractivity contribution in [3.05, 3.63) is 42.0 Å². The minimum Gasteiger partial charge on any atom is -0.454 e. The summed E-state index contributed by atoms with van der Waals surface area (Å²) in [6.45, 7) is 1.85. The lowest BCUT2D eigenvalue weighted by Crippen LogP contribution is -2.15. The van der Waals surface area contributed by atoms with Gasteiger partial charge in [0.2, 0.25) is 6.79 Å². The number of fused-ring (bicyclic) bond motifs is 1. The summed E-state index contributed by atoms with van der Waals surface area (Å²) in [5.74, 6) is 2.67. The van der Waals surface area contributed by atoms with Crippen molar-refractivity contribution in [2.45, 2.75) is 13.1 Å². The number of nitrogens with zero attached hydrogens (tertiary/aromatic N) is 2. The Morgan fingerprint density at radius 2 is 2.17 bits per heavy atom. The Kier molecular flexibility index (Phi) is 2.90. The Balaban J connectivity index is 1.59. The lowest BCUT2D eigenvalue weighted by Gasteiger charge is -2.06.